The van der Waals surface area contributed by atoms with Gasteiger partial charge in [-0.1, -0.05) is 97.3 Å². The van der Waals surface area contributed by atoms with E-state index in [-0.39, 0.29) is 5.97 Å². The number of ether oxygens (including phenoxy) is 1. The maximum absolute atomic E-state index is 11.8. The number of hydrogen-bond donors (Lipinski definition) is 1. The SMILES string of the molecule is CCCCCCCCCCCCCC(=O)OC(CCCCCC)C(=O)O. The molecule has 0 amide bonds. The summed E-state index contributed by atoms with van der Waals surface area (Å²) in [6, 6.07) is 0. The first-order valence-corrected chi connectivity index (χ1v) is 11.0. The van der Waals surface area contributed by atoms with Crippen molar-refractivity contribution in [3.63, 3.8) is 0 Å². The molecule has 0 heterocycles. The largest absolute Gasteiger partial charge is 0.479 e. The van der Waals surface area contributed by atoms with Gasteiger partial charge in [-0.25, -0.2) is 4.79 Å². The fourth-order valence-electron chi connectivity index (χ4n) is 3.14. The predicted molar refractivity (Wildman–Crippen MR) is 107 cm³/mol. The molecule has 0 aliphatic rings. The van der Waals surface area contributed by atoms with Crippen LogP contribution in [0, 0.1) is 0 Å². The topological polar surface area (TPSA) is 63.6 Å². The van der Waals surface area contributed by atoms with Crippen LogP contribution in [0.4, 0.5) is 0 Å². The number of rotatable bonds is 19. The maximum atomic E-state index is 11.8. The molecule has 4 nitrogen and oxygen atoms in total. The minimum Gasteiger partial charge on any atom is -0.479 e. The highest BCUT2D eigenvalue weighted by atomic mass is 16.6. The van der Waals surface area contributed by atoms with Gasteiger partial charge in [-0.05, 0) is 19.3 Å². The van der Waals surface area contributed by atoms with E-state index in [2.05, 4.69) is 13.8 Å². The number of aliphatic carboxylic acids is 1. The average Bonchev–Trinajstić information content (AvgIpc) is 2.62. The molecule has 0 aromatic carbocycles. The van der Waals surface area contributed by atoms with Gasteiger partial charge >= 0.3 is 11.9 Å². The van der Waals surface area contributed by atoms with Crippen molar-refractivity contribution in [1.82, 2.24) is 0 Å². The molecular weight excluding hydrogens is 328 g/mol. The zero-order chi connectivity index (χ0) is 19.5. The molecular formula is C22H42O4. The van der Waals surface area contributed by atoms with E-state index in [0.29, 0.717) is 12.8 Å². The van der Waals surface area contributed by atoms with Crippen LogP contribution in [-0.2, 0) is 14.3 Å². The minimum atomic E-state index is -1.02. The van der Waals surface area contributed by atoms with Crippen LogP contribution in [0.1, 0.15) is 123 Å². The number of unbranched alkanes of at least 4 members (excludes halogenated alkanes) is 13. The maximum Gasteiger partial charge on any atom is 0.345 e. The number of esters is 1. The Hall–Kier alpha value is -1.06. The Kier molecular flexibility index (Phi) is 18.0. The number of carboxylic acid groups (broad SMARTS) is 1. The molecule has 1 atom stereocenters. The number of carbonyl (C=O) groups excluding carboxylic acids is 1. The lowest BCUT2D eigenvalue weighted by Gasteiger charge is -2.13. The fourth-order valence-corrected chi connectivity index (χ4v) is 3.14. The molecule has 0 aromatic rings. The van der Waals surface area contributed by atoms with Gasteiger partial charge in [0.1, 0.15) is 0 Å². The summed E-state index contributed by atoms with van der Waals surface area (Å²) in [6.07, 6.45) is 17.4. The third-order valence-corrected chi connectivity index (χ3v) is 4.85. The van der Waals surface area contributed by atoms with Crippen LogP contribution in [-0.4, -0.2) is 23.1 Å². The van der Waals surface area contributed by atoms with Crippen molar-refractivity contribution in [2.45, 2.75) is 129 Å². The first kappa shape index (κ1) is 24.9. The lowest BCUT2D eigenvalue weighted by atomic mass is 10.1. The van der Waals surface area contributed by atoms with Crippen LogP contribution in [0.15, 0.2) is 0 Å². The van der Waals surface area contributed by atoms with E-state index in [1.54, 1.807) is 0 Å². The van der Waals surface area contributed by atoms with Crippen LogP contribution in [0.2, 0.25) is 0 Å². The van der Waals surface area contributed by atoms with E-state index in [1.165, 1.54) is 51.4 Å². The molecule has 26 heavy (non-hydrogen) atoms. The molecule has 0 aliphatic heterocycles. The van der Waals surface area contributed by atoms with Gasteiger partial charge in [0, 0.05) is 6.42 Å². The van der Waals surface area contributed by atoms with Crippen molar-refractivity contribution in [2.24, 2.45) is 0 Å². The zero-order valence-electron chi connectivity index (χ0n) is 17.3. The van der Waals surface area contributed by atoms with Crippen molar-refractivity contribution >= 4 is 11.9 Å². The van der Waals surface area contributed by atoms with Gasteiger partial charge < -0.3 is 9.84 Å². The highest BCUT2D eigenvalue weighted by molar-refractivity contribution is 5.77. The molecule has 0 bridgehead atoms. The Labute approximate surface area is 161 Å². The van der Waals surface area contributed by atoms with Crippen molar-refractivity contribution < 1.29 is 19.4 Å². The molecule has 0 radical (unpaired) electrons. The smallest absolute Gasteiger partial charge is 0.345 e. The second-order valence-corrected chi connectivity index (χ2v) is 7.45. The van der Waals surface area contributed by atoms with Crippen LogP contribution in [0.25, 0.3) is 0 Å². The monoisotopic (exact) mass is 370 g/mol. The van der Waals surface area contributed by atoms with Gasteiger partial charge in [-0.3, -0.25) is 4.79 Å². The number of hydrogen-bond acceptors (Lipinski definition) is 3. The van der Waals surface area contributed by atoms with Crippen LogP contribution in [0.5, 0.6) is 0 Å². The molecule has 0 aliphatic carbocycles. The molecule has 0 rings (SSSR count). The lowest BCUT2D eigenvalue weighted by Crippen LogP contribution is -2.27. The van der Waals surface area contributed by atoms with Gasteiger partial charge in [0.15, 0.2) is 6.10 Å². The predicted octanol–water partition coefficient (Wildman–Crippen LogP) is 6.65. The van der Waals surface area contributed by atoms with Crippen molar-refractivity contribution in [3.05, 3.63) is 0 Å². The highest BCUT2D eigenvalue weighted by Crippen LogP contribution is 2.13. The van der Waals surface area contributed by atoms with E-state index in [0.717, 1.165) is 44.9 Å². The number of carbonyl (C=O) groups is 2. The van der Waals surface area contributed by atoms with E-state index in [9.17, 15) is 9.59 Å². The Bertz CT molecular complexity index is 341. The summed E-state index contributed by atoms with van der Waals surface area (Å²) in [5.74, 6) is -1.38. The standard InChI is InChI=1S/C22H42O4/c1-3-5-7-9-10-11-12-13-14-15-17-19-21(23)26-20(22(24)25)18-16-8-6-4-2/h20H,3-19H2,1-2H3,(H,24,25). The molecule has 0 saturated heterocycles. The number of carboxylic acids is 1. The summed E-state index contributed by atoms with van der Waals surface area (Å²) in [6.45, 7) is 4.35. The highest BCUT2D eigenvalue weighted by Gasteiger charge is 2.21. The van der Waals surface area contributed by atoms with Gasteiger partial charge in [0.25, 0.3) is 0 Å². The summed E-state index contributed by atoms with van der Waals surface area (Å²) < 4.78 is 5.15. The summed E-state index contributed by atoms with van der Waals surface area (Å²) in [5, 5.41) is 9.16. The summed E-state index contributed by atoms with van der Waals surface area (Å²) >= 11 is 0. The average molecular weight is 371 g/mol. The first-order valence-electron chi connectivity index (χ1n) is 11.0. The summed E-state index contributed by atoms with van der Waals surface area (Å²) in [4.78, 5) is 23.0. The van der Waals surface area contributed by atoms with Crippen molar-refractivity contribution in [3.8, 4) is 0 Å². The molecule has 154 valence electrons. The van der Waals surface area contributed by atoms with E-state index in [1.807, 2.05) is 0 Å². The Morgan fingerprint density at radius 2 is 1.12 bits per heavy atom. The lowest BCUT2D eigenvalue weighted by molar-refractivity contribution is -0.164. The molecule has 0 fully saturated rings. The fraction of sp³-hybridized carbons (Fsp3) is 0.909. The molecule has 1 N–H and O–H groups in total. The van der Waals surface area contributed by atoms with Gasteiger partial charge in [-0.2, -0.15) is 0 Å². The normalized spacial score (nSPS) is 12.1. The summed E-state index contributed by atoms with van der Waals surface area (Å²) in [5.41, 5.74) is 0. The molecule has 4 heteroatoms. The third kappa shape index (κ3) is 16.4. The summed E-state index contributed by atoms with van der Waals surface area (Å²) in [7, 11) is 0. The van der Waals surface area contributed by atoms with Gasteiger partial charge in [0.2, 0.25) is 0 Å². The first-order chi connectivity index (χ1) is 12.6. The Morgan fingerprint density at radius 3 is 1.58 bits per heavy atom. The third-order valence-electron chi connectivity index (χ3n) is 4.85. The zero-order valence-corrected chi connectivity index (χ0v) is 17.3. The molecule has 0 aromatic heterocycles. The Balaban J connectivity index is 3.57. The van der Waals surface area contributed by atoms with Gasteiger partial charge in [0.05, 0.1) is 0 Å². The Morgan fingerprint density at radius 1 is 0.692 bits per heavy atom. The van der Waals surface area contributed by atoms with Crippen LogP contribution in [0.3, 0.4) is 0 Å². The van der Waals surface area contributed by atoms with Crippen molar-refractivity contribution in [1.29, 1.82) is 0 Å². The van der Waals surface area contributed by atoms with Gasteiger partial charge in [-0.15, -0.1) is 0 Å². The second-order valence-electron chi connectivity index (χ2n) is 7.45. The second kappa shape index (κ2) is 18.7. The van der Waals surface area contributed by atoms with Crippen LogP contribution < -0.4 is 0 Å². The van der Waals surface area contributed by atoms with E-state index < -0.39 is 12.1 Å². The molecule has 0 saturated carbocycles. The van der Waals surface area contributed by atoms with E-state index >= 15 is 0 Å². The minimum absolute atomic E-state index is 0.343. The van der Waals surface area contributed by atoms with Crippen LogP contribution >= 0.6 is 0 Å². The molecule has 1 unspecified atom stereocenters. The molecule has 0 spiro atoms. The van der Waals surface area contributed by atoms with E-state index in [4.69, 9.17) is 9.84 Å². The van der Waals surface area contributed by atoms with Crippen molar-refractivity contribution in [2.75, 3.05) is 0 Å². The quantitative estimate of drug-likeness (QED) is 0.204.